The number of aromatic amines is 1. The normalized spacial score (nSPS) is 11.5. The van der Waals surface area contributed by atoms with E-state index in [2.05, 4.69) is 32.0 Å². The number of fused-ring (bicyclic) bond motifs is 2. The quantitative estimate of drug-likeness (QED) is 0.570. The van der Waals surface area contributed by atoms with Gasteiger partial charge in [-0.15, -0.1) is 0 Å². The lowest BCUT2D eigenvalue weighted by Gasteiger charge is -2.12. The largest absolute Gasteiger partial charge is 0.417 e. The maximum atomic E-state index is 12.7. The first kappa shape index (κ1) is 17.1. The molecule has 2 aromatic carbocycles. The Bertz CT molecular complexity index is 1180. The molecule has 0 radical (unpaired) electrons. The van der Waals surface area contributed by atoms with E-state index in [1.54, 1.807) is 18.2 Å². The Hall–Kier alpha value is -3.32. The summed E-state index contributed by atoms with van der Waals surface area (Å²) in [5.74, 6) is -0.903. The van der Waals surface area contributed by atoms with Crippen molar-refractivity contribution >= 4 is 33.6 Å². The molecule has 2 heterocycles. The lowest BCUT2D eigenvalue weighted by atomic mass is 10.1. The van der Waals surface area contributed by atoms with Gasteiger partial charge < -0.3 is 19.2 Å². The van der Waals surface area contributed by atoms with E-state index < -0.39 is 5.76 Å². The van der Waals surface area contributed by atoms with Crippen LogP contribution in [0.4, 0.5) is 5.69 Å². The van der Waals surface area contributed by atoms with Gasteiger partial charge in [0.1, 0.15) is 0 Å². The summed E-state index contributed by atoms with van der Waals surface area (Å²) in [4.78, 5) is 28.8. The zero-order valence-electron chi connectivity index (χ0n) is 15.2. The van der Waals surface area contributed by atoms with Crippen LogP contribution in [-0.4, -0.2) is 41.0 Å². The summed E-state index contributed by atoms with van der Waals surface area (Å²) in [6.45, 7) is 1.79. The molecule has 0 aliphatic rings. The second-order valence-corrected chi connectivity index (χ2v) is 6.74. The molecular weight excluding hydrogens is 344 g/mol. The zero-order chi connectivity index (χ0) is 19.0. The van der Waals surface area contributed by atoms with Crippen LogP contribution in [0.2, 0.25) is 0 Å². The van der Waals surface area contributed by atoms with Crippen LogP contribution in [0.15, 0.2) is 57.9 Å². The van der Waals surface area contributed by atoms with Crippen LogP contribution < -0.4 is 11.1 Å². The van der Waals surface area contributed by atoms with Crippen molar-refractivity contribution in [2.45, 2.75) is 6.54 Å². The van der Waals surface area contributed by atoms with Crippen molar-refractivity contribution in [3.8, 4) is 0 Å². The molecule has 0 saturated heterocycles. The van der Waals surface area contributed by atoms with Crippen molar-refractivity contribution in [1.29, 1.82) is 0 Å². The molecule has 4 rings (SSSR count). The third-order valence-electron chi connectivity index (χ3n) is 4.51. The average Bonchev–Trinajstić information content (AvgIpc) is 3.21. The molecule has 0 aliphatic heterocycles. The summed E-state index contributed by atoms with van der Waals surface area (Å²) in [6, 6.07) is 12.9. The minimum Gasteiger partial charge on any atom is -0.407 e. The Morgan fingerprint density at radius 3 is 2.89 bits per heavy atom. The molecule has 27 heavy (non-hydrogen) atoms. The van der Waals surface area contributed by atoms with Gasteiger partial charge in [0.15, 0.2) is 5.58 Å². The van der Waals surface area contributed by atoms with Gasteiger partial charge in [-0.05, 0) is 49.8 Å². The Morgan fingerprint density at radius 1 is 1.22 bits per heavy atom. The number of oxazole rings is 1. The number of amides is 1. The highest BCUT2D eigenvalue weighted by atomic mass is 16.4. The molecule has 0 bridgehead atoms. The number of benzene rings is 2. The molecule has 0 atom stereocenters. The van der Waals surface area contributed by atoms with Crippen molar-refractivity contribution in [2.75, 3.05) is 26.0 Å². The molecule has 0 saturated carbocycles. The fraction of sp³-hybridized carbons (Fsp3) is 0.200. The minimum atomic E-state index is -0.578. The molecule has 4 aromatic rings. The van der Waals surface area contributed by atoms with E-state index in [0.717, 1.165) is 24.0 Å². The van der Waals surface area contributed by atoms with E-state index in [-0.39, 0.29) is 11.5 Å². The number of carbonyl (C=O) groups excluding carboxylic acids is 1. The fourth-order valence-corrected chi connectivity index (χ4v) is 3.12. The van der Waals surface area contributed by atoms with E-state index in [0.29, 0.717) is 16.8 Å². The number of aromatic nitrogens is 2. The van der Waals surface area contributed by atoms with Gasteiger partial charge in [0, 0.05) is 25.0 Å². The predicted octanol–water partition coefficient (Wildman–Crippen LogP) is 2.89. The number of hydrogen-bond donors (Lipinski definition) is 2. The monoisotopic (exact) mass is 364 g/mol. The van der Waals surface area contributed by atoms with Crippen LogP contribution in [0.5, 0.6) is 0 Å². The van der Waals surface area contributed by atoms with E-state index in [1.807, 2.05) is 32.3 Å². The number of nitrogens with one attached hydrogen (secondary N) is 2. The van der Waals surface area contributed by atoms with E-state index >= 15 is 0 Å². The van der Waals surface area contributed by atoms with Crippen LogP contribution in [0, 0.1) is 0 Å². The molecule has 7 nitrogen and oxygen atoms in total. The molecule has 0 fully saturated rings. The van der Waals surface area contributed by atoms with Gasteiger partial charge in [-0.1, -0.05) is 12.1 Å². The lowest BCUT2D eigenvalue weighted by molar-refractivity contribution is 0.102. The first-order valence-corrected chi connectivity index (χ1v) is 8.68. The molecule has 1 amide bonds. The lowest BCUT2D eigenvalue weighted by Crippen LogP contribution is -2.18. The molecule has 138 valence electrons. The Balaban J connectivity index is 1.63. The number of para-hydroxylation sites is 1. The Morgan fingerprint density at radius 2 is 2.07 bits per heavy atom. The number of likely N-dealkylation sites (N-methyl/N-ethyl adjacent to an activating group) is 1. The van der Waals surface area contributed by atoms with Gasteiger partial charge in [0.2, 0.25) is 0 Å². The number of hydrogen-bond acceptors (Lipinski definition) is 4. The third-order valence-corrected chi connectivity index (χ3v) is 4.51. The highest BCUT2D eigenvalue weighted by Crippen LogP contribution is 2.22. The number of rotatable bonds is 5. The summed E-state index contributed by atoms with van der Waals surface area (Å²) in [6.07, 6.45) is 2.05. The first-order chi connectivity index (χ1) is 13.0. The van der Waals surface area contributed by atoms with Crippen LogP contribution in [0.25, 0.3) is 22.0 Å². The van der Waals surface area contributed by atoms with Gasteiger partial charge in [-0.25, -0.2) is 4.79 Å². The predicted molar refractivity (Wildman–Crippen MR) is 105 cm³/mol. The van der Waals surface area contributed by atoms with Gasteiger partial charge >= 0.3 is 5.76 Å². The van der Waals surface area contributed by atoms with Crippen molar-refractivity contribution < 1.29 is 9.21 Å². The number of H-pyrrole nitrogens is 1. The molecule has 0 spiro atoms. The highest BCUT2D eigenvalue weighted by Gasteiger charge is 2.14. The second-order valence-electron chi connectivity index (χ2n) is 6.74. The maximum Gasteiger partial charge on any atom is 0.417 e. The van der Waals surface area contributed by atoms with Gasteiger partial charge in [0.25, 0.3) is 5.91 Å². The maximum absolute atomic E-state index is 12.7. The molecular formula is C20H20N4O3. The molecule has 0 aliphatic carbocycles. The number of anilines is 1. The van der Waals surface area contributed by atoms with Crippen molar-refractivity contribution in [1.82, 2.24) is 14.5 Å². The summed E-state index contributed by atoms with van der Waals surface area (Å²) in [5, 5.41) is 4.01. The molecule has 2 N–H and O–H groups in total. The highest BCUT2D eigenvalue weighted by molar-refractivity contribution is 6.11. The topological polar surface area (TPSA) is 83.3 Å². The summed E-state index contributed by atoms with van der Waals surface area (Å²) in [5.41, 5.74) is 2.82. The zero-order valence-corrected chi connectivity index (χ0v) is 15.2. The first-order valence-electron chi connectivity index (χ1n) is 8.68. The van der Waals surface area contributed by atoms with E-state index in [9.17, 15) is 9.59 Å². The number of carbonyl (C=O) groups is 1. The summed E-state index contributed by atoms with van der Waals surface area (Å²) >= 11 is 0. The van der Waals surface area contributed by atoms with Crippen LogP contribution in [0.3, 0.4) is 0 Å². The summed E-state index contributed by atoms with van der Waals surface area (Å²) < 4.78 is 7.27. The molecule has 2 aromatic heterocycles. The van der Waals surface area contributed by atoms with Gasteiger partial charge in [-0.2, -0.15) is 0 Å². The van der Waals surface area contributed by atoms with Crippen LogP contribution >= 0.6 is 0 Å². The molecule has 0 unspecified atom stereocenters. The minimum absolute atomic E-state index is 0.260. The van der Waals surface area contributed by atoms with Gasteiger partial charge in [-0.3, -0.25) is 9.78 Å². The van der Waals surface area contributed by atoms with E-state index in [4.69, 9.17) is 4.42 Å². The van der Waals surface area contributed by atoms with Crippen molar-refractivity contribution in [3.05, 3.63) is 64.8 Å². The van der Waals surface area contributed by atoms with Crippen molar-refractivity contribution in [2.24, 2.45) is 0 Å². The van der Waals surface area contributed by atoms with Gasteiger partial charge in [0.05, 0.1) is 16.6 Å². The van der Waals surface area contributed by atoms with Crippen molar-refractivity contribution in [3.63, 3.8) is 0 Å². The van der Waals surface area contributed by atoms with Crippen LogP contribution in [-0.2, 0) is 6.54 Å². The fourth-order valence-electron chi connectivity index (χ4n) is 3.12. The molecule has 7 heteroatoms. The van der Waals surface area contributed by atoms with Crippen LogP contribution in [0.1, 0.15) is 10.4 Å². The second kappa shape index (κ2) is 6.77. The Kier molecular flexibility index (Phi) is 4.29. The smallest absolute Gasteiger partial charge is 0.407 e. The van der Waals surface area contributed by atoms with E-state index in [1.165, 1.54) is 0 Å². The third kappa shape index (κ3) is 3.37. The average molecular weight is 364 g/mol. The standard InChI is InChI=1S/C20H20N4O3/c1-23(2)10-11-24-9-8-13-6-7-14(12-17(13)24)21-19(25)15-4-3-5-16-18(15)27-20(26)22-16/h3-9,12H,10-11H2,1-2H3,(H,21,25)(H,22,26). The SMILES string of the molecule is CN(C)CCn1ccc2ccc(NC(=O)c3cccc4[nH]c(=O)oc34)cc21. The number of nitrogens with zero attached hydrogens (tertiary/aromatic N) is 2. The Labute approximate surface area is 155 Å². The summed E-state index contributed by atoms with van der Waals surface area (Å²) in [7, 11) is 4.08.